The van der Waals surface area contributed by atoms with Crippen molar-refractivity contribution in [1.29, 1.82) is 0 Å². The third-order valence-corrected chi connectivity index (χ3v) is 5.01. The second-order valence-corrected chi connectivity index (χ2v) is 7.42. The highest BCUT2D eigenvalue weighted by atomic mass is 32.2. The Labute approximate surface area is 173 Å². The zero-order valence-electron chi connectivity index (χ0n) is 16.7. The topological polar surface area (TPSA) is 96.5 Å². The number of nitrogens with two attached hydrogens (primary N) is 1. The first-order valence-corrected chi connectivity index (χ1v) is 10.0. The molecule has 0 spiro atoms. The minimum Gasteiger partial charge on any atom is -0.368 e. The van der Waals surface area contributed by atoms with Crippen LogP contribution in [0.1, 0.15) is 32.8 Å². The van der Waals surface area contributed by atoms with Gasteiger partial charge in [-0.15, -0.1) is 0 Å². The number of nitrogen functional groups attached to an aromatic ring is 1. The first-order chi connectivity index (χ1) is 13.8. The zero-order chi connectivity index (χ0) is 21.6. The van der Waals surface area contributed by atoms with Crippen LogP contribution in [0.3, 0.4) is 0 Å². The molecule has 0 saturated heterocycles. The molecule has 0 aliphatic heterocycles. The van der Waals surface area contributed by atoms with Gasteiger partial charge in [-0.2, -0.15) is 4.98 Å². The Morgan fingerprint density at radius 3 is 2.59 bits per heavy atom. The monoisotopic (exact) mass is 422 g/mol. The van der Waals surface area contributed by atoms with Crippen molar-refractivity contribution < 1.29 is 13.6 Å². The Hall–Kier alpha value is -2.75. The summed E-state index contributed by atoms with van der Waals surface area (Å²) < 4.78 is 31.5. The van der Waals surface area contributed by atoms with Gasteiger partial charge < -0.3 is 15.4 Å². The number of aliphatic imine (C=N–C) groups is 1. The fourth-order valence-electron chi connectivity index (χ4n) is 2.30. The molecule has 2 aromatic rings. The zero-order valence-corrected chi connectivity index (χ0v) is 17.6. The number of halogens is 2. The van der Waals surface area contributed by atoms with Crippen LogP contribution in [-0.4, -0.2) is 40.8 Å². The molecule has 0 saturated carbocycles. The molecule has 156 valence electrons. The predicted octanol–water partition coefficient (Wildman–Crippen LogP) is 3.97. The number of hydrogen-bond donors (Lipinski definition) is 2. The number of anilines is 3. The summed E-state index contributed by atoms with van der Waals surface area (Å²) in [6.07, 6.45) is 2.66. The molecule has 7 nitrogen and oxygen atoms in total. The molecule has 2 rings (SSSR count). The van der Waals surface area contributed by atoms with Crippen molar-refractivity contribution in [2.75, 3.05) is 28.2 Å². The molecule has 3 N–H and O–H groups in total. The van der Waals surface area contributed by atoms with E-state index in [1.165, 1.54) is 18.1 Å². The molecule has 0 unspecified atom stereocenters. The van der Waals surface area contributed by atoms with Gasteiger partial charge in [0.2, 0.25) is 5.95 Å². The molecule has 0 bridgehead atoms. The minimum atomic E-state index is -0.814. The number of carbonyl (C=O) groups is 1. The standard InChI is InChI=1S/C19H24F2N6OS/c1-5-6-29-26-17-13(20)7-12(8-14(17)21)16(10-28)24-15-9-23-19(22)25-18(15)27(4)11(2)3/h7-11,26H,5-6H2,1-4H3,(H2,22,23,25). The highest BCUT2D eigenvalue weighted by Crippen LogP contribution is 2.29. The molecule has 0 aliphatic rings. The van der Waals surface area contributed by atoms with Gasteiger partial charge in [0.05, 0.1) is 6.20 Å². The molecule has 10 heteroatoms. The number of nitrogens with one attached hydrogen (secondary N) is 1. The first kappa shape index (κ1) is 22.5. The van der Waals surface area contributed by atoms with Crippen LogP contribution >= 0.6 is 11.9 Å². The van der Waals surface area contributed by atoms with E-state index < -0.39 is 11.6 Å². The van der Waals surface area contributed by atoms with E-state index in [4.69, 9.17) is 5.73 Å². The molecule has 1 heterocycles. The summed E-state index contributed by atoms with van der Waals surface area (Å²) in [6, 6.07) is 2.20. The predicted molar refractivity (Wildman–Crippen MR) is 115 cm³/mol. The molecule has 0 amide bonds. The first-order valence-electron chi connectivity index (χ1n) is 9.04. The van der Waals surface area contributed by atoms with Crippen LogP contribution in [-0.2, 0) is 4.79 Å². The number of benzene rings is 1. The number of nitrogens with zero attached hydrogens (tertiary/aromatic N) is 4. The van der Waals surface area contributed by atoms with E-state index in [-0.39, 0.29) is 34.6 Å². The van der Waals surface area contributed by atoms with E-state index in [0.29, 0.717) is 17.9 Å². The van der Waals surface area contributed by atoms with Crippen LogP contribution in [0.2, 0.25) is 0 Å². The highest BCUT2D eigenvalue weighted by molar-refractivity contribution is 8.00. The number of rotatable bonds is 9. The highest BCUT2D eigenvalue weighted by Gasteiger charge is 2.17. The lowest BCUT2D eigenvalue weighted by Gasteiger charge is -2.23. The van der Waals surface area contributed by atoms with Gasteiger partial charge in [0.1, 0.15) is 17.1 Å². The summed E-state index contributed by atoms with van der Waals surface area (Å²) in [6.45, 7) is 5.85. The quantitative estimate of drug-likeness (QED) is 0.273. The van der Waals surface area contributed by atoms with Gasteiger partial charge in [-0.3, -0.25) is 4.79 Å². The fraction of sp³-hybridized carbons (Fsp3) is 0.368. The molecule has 0 radical (unpaired) electrons. The van der Waals surface area contributed by atoms with Gasteiger partial charge in [-0.05, 0) is 32.4 Å². The third kappa shape index (κ3) is 5.63. The van der Waals surface area contributed by atoms with Gasteiger partial charge in [0.15, 0.2) is 23.7 Å². The second kappa shape index (κ2) is 10.1. The SMILES string of the molecule is CCCSNc1c(F)cc(C(C=O)=Nc2cnc(N)nc2N(C)C(C)C)cc1F. The molecule has 1 aromatic heterocycles. The molecule has 0 atom stereocenters. The Morgan fingerprint density at radius 2 is 2.03 bits per heavy atom. The largest absolute Gasteiger partial charge is 0.368 e. The van der Waals surface area contributed by atoms with Crippen LogP contribution in [0.4, 0.5) is 31.9 Å². The van der Waals surface area contributed by atoms with Crippen molar-refractivity contribution in [3.05, 3.63) is 35.5 Å². The Bertz CT molecular complexity index is 883. The van der Waals surface area contributed by atoms with Crippen LogP contribution < -0.4 is 15.4 Å². The number of aromatic nitrogens is 2. The number of aldehydes is 1. The maximum absolute atomic E-state index is 14.4. The smallest absolute Gasteiger partial charge is 0.222 e. The number of carbonyl (C=O) groups excluding carboxylic acids is 1. The van der Waals surface area contributed by atoms with Crippen molar-refractivity contribution >= 4 is 47.1 Å². The van der Waals surface area contributed by atoms with Crippen molar-refractivity contribution in [3.63, 3.8) is 0 Å². The average molecular weight is 423 g/mol. The summed E-state index contributed by atoms with van der Waals surface area (Å²) in [5, 5.41) is 0. The van der Waals surface area contributed by atoms with Crippen molar-refractivity contribution in [2.24, 2.45) is 4.99 Å². The van der Waals surface area contributed by atoms with Gasteiger partial charge in [-0.1, -0.05) is 18.9 Å². The third-order valence-electron chi connectivity index (χ3n) is 4.05. The molecule has 0 aliphatic carbocycles. The van der Waals surface area contributed by atoms with Gasteiger partial charge in [0.25, 0.3) is 0 Å². The average Bonchev–Trinajstić information content (AvgIpc) is 2.68. The van der Waals surface area contributed by atoms with E-state index >= 15 is 0 Å². The van der Waals surface area contributed by atoms with Crippen LogP contribution in [0.15, 0.2) is 23.3 Å². The fourth-order valence-corrected chi connectivity index (χ4v) is 2.94. The summed E-state index contributed by atoms with van der Waals surface area (Å²) in [7, 11) is 1.79. The maximum Gasteiger partial charge on any atom is 0.222 e. The lowest BCUT2D eigenvalue weighted by atomic mass is 10.1. The summed E-state index contributed by atoms with van der Waals surface area (Å²) in [5.74, 6) is -0.471. The normalized spacial score (nSPS) is 11.6. The van der Waals surface area contributed by atoms with Gasteiger partial charge >= 0.3 is 0 Å². The van der Waals surface area contributed by atoms with Crippen LogP contribution in [0.5, 0.6) is 0 Å². The van der Waals surface area contributed by atoms with Gasteiger partial charge in [0, 0.05) is 24.4 Å². The van der Waals surface area contributed by atoms with E-state index in [0.717, 1.165) is 18.6 Å². The van der Waals surface area contributed by atoms with Crippen molar-refractivity contribution in [1.82, 2.24) is 9.97 Å². The lowest BCUT2D eigenvalue weighted by Crippen LogP contribution is -2.27. The van der Waals surface area contributed by atoms with Crippen LogP contribution in [0, 0.1) is 11.6 Å². The van der Waals surface area contributed by atoms with E-state index in [1.54, 1.807) is 11.9 Å². The maximum atomic E-state index is 14.4. The molecular formula is C19H24F2N6OS. The summed E-state index contributed by atoms with van der Waals surface area (Å²) in [5.41, 5.74) is 5.54. The van der Waals surface area contributed by atoms with Crippen molar-refractivity contribution in [3.8, 4) is 0 Å². The second-order valence-electron chi connectivity index (χ2n) is 6.52. The van der Waals surface area contributed by atoms with E-state index in [9.17, 15) is 13.6 Å². The van der Waals surface area contributed by atoms with Gasteiger partial charge in [-0.25, -0.2) is 18.8 Å². The Balaban J connectivity index is 2.47. The molecule has 29 heavy (non-hydrogen) atoms. The molecule has 0 fully saturated rings. The Morgan fingerprint density at radius 1 is 1.38 bits per heavy atom. The Kier molecular flexibility index (Phi) is 7.89. The summed E-state index contributed by atoms with van der Waals surface area (Å²) in [4.78, 5) is 25.8. The van der Waals surface area contributed by atoms with E-state index in [2.05, 4.69) is 19.7 Å². The minimum absolute atomic E-state index is 0.0102. The molecular weight excluding hydrogens is 398 g/mol. The van der Waals surface area contributed by atoms with E-state index in [1.807, 2.05) is 20.8 Å². The molecule has 1 aromatic carbocycles. The van der Waals surface area contributed by atoms with Crippen molar-refractivity contribution in [2.45, 2.75) is 33.2 Å². The lowest BCUT2D eigenvalue weighted by molar-refractivity contribution is -0.102. The number of hydrogen-bond acceptors (Lipinski definition) is 8. The summed E-state index contributed by atoms with van der Waals surface area (Å²) >= 11 is 1.20. The van der Waals surface area contributed by atoms with Crippen LogP contribution in [0.25, 0.3) is 0 Å².